The van der Waals surface area contributed by atoms with E-state index in [1.54, 1.807) is 19.2 Å². The molecular formula is C11H13NO5S. The second-order valence-corrected chi connectivity index (χ2v) is 3.97. The van der Waals surface area contributed by atoms with Crippen molar-refractivity contribution in [1.29, 1.82) is 0 Å². The number of carbonyl (C=O) groups is 3. The molecule has 0 saturated carbocycles. The third kappa shape index (κ3) is 3.56. The van der Waals surface area contributed by atoms with E-state index >= 15 is 0 Å². The van der Waals surface area contributed by atoms with Gasteiger partial charge in [0.1, 0.15) is 5.00 Å². The molecule has 0 aliphatic heterocycles. The van der Waals surface area contributed by atoms with Gasteiger partial charge in [0, 0.05) is 0 Å². The number of hydrogen-bond donors (Lipinski definition) is 1. The molecule has 0 spiro atoms. The van der Waals surface area contributed by atoms with E-state index in [2.05, 4.69) is 10.1 Å². The highest BCUT2D eigenvalue weighted by atomic mass is 32.1. The highest BCUT2D eigenvalue weighted by Gasteiger charge is 2.20. The Bertz CT molecular complexity index is 454. The number of amides is 1. The number of hydrogen-bond acceptors (Lipinski definition) is 6. The number of esters is 2. The first-order chi connectivity index (χ1) is 8.60. The van der Waals surface area contributed by atoms with Crippen LogP contribution in [-0.2, 0) is 19.1 Å². The van der Waals surface area contributed by atoms with Crippen molar-refractivity contribution in [2.45, 2.75) is 13.8 Å². The summed E-state index contributed by atoms with van der Waals surface area (Å²) in [5, 5.41) is 4.21. The largest absolute Gasteiger partial charge is 0.462 e. The Balaban J connectivity index is 2.74. The predicted molar refractivity (Wildman–Crippen MR) is 65.5 cm³/mol. The van der Waals surface area contributed by atoms with E-state index in [-0.39, 0.29) is 23.8 Å². The highest BCUT2D eigenvalue weighted by Crippen LogP contribution is 2.23. The zero-order valence-corrected chi connectivity index (χ0v) is 10.8. The van der Waals surface area contributed by atoms with E-state index in [9.17, 15) is 14.4 Å². The lowest BCUT2D eigenvalue weighted by Gasteiger charge is -2.05. The molecule has 0 fully saturated rings. The monoisotopic (exact) mass is 271 g/mol. The maximum atomic E-state index is 11.5. The van der Waals surface area contributed by atoms with Gasteiger partial charge in [-0.05, 0) is 25.3 Å². The van der Waals surface area contributed by atoms with Gasteiger partial charge in [0.15, 0.2) is 0 Å². The molecule has 1 amide bonds. The Morgan fingerprint density at radius 3 is 2.50 bits per heavy atom. The molecule has 1 heterocycles. The Kier molecular flexibility index (Phi) is 5.31. The van der Waals surface area contributed by atoms with Crippen molar-refractivity contribution in [3.8, 4) is 0 Å². The number of thiophene rings is 1. The molecule has 0 bridgehead atoms. The summed E-state index contributed by atoms with van der Waals surface area (Å²) in [6, 6.07) is 1.52. The van der Waals surface area contributed by atoms with Crippen LogP contribution in [-0.4, -0.2) is 31.1 Å². The van der Waals surface area contributed by atoms with E-state index in [0.717, 1.165) is 11.3 Å². The van der Waals surface area contributed by atoms with Gasteiger partial charge in [-0.3, -0.25) is 4.79 Å². The molecule has 0 saturated heterocycles. The van der Waals surface area contributed by atoms with Crippen LogP contribution in [0.4, 0.5) is 5.00 Å². The molecular weight excluding hydrogens is 258 g/mol. The first-order valence-electron chi connectivity index (χ1n) is 5.32. The minimum absolute atomic E-state index is 0.113. The molecule has 0 radical (unpaired) electrons. The molecule has 1 rings (SSSR count). The Morgan fingerprint density at radius 2 is 1.89 bits per heavy atom. The van der Waals surface area contributed by atoms with Crippen LogP contribution in [0.3, 0.4) is 0 Å². The highest BCUT2D eigenvalue weighted by molar-refractivity contribution is 7.14. The van der Waals surface area contributed by atoms with Crippen molar-refractivity contribution in [1.82, 2.24) is 0 Å². The minimum Gasteiger partial charge on any atom is -0.462 e. The summed E-state index contributed by atoms with van der Waals surface area (Å²) >= 11 is 1.13. The van der Waals surface area contributed by atoms with Crippen molar-refractivity contribution in [2.24, 2.45) is 0 Å². The third-order valence-corrected chi connectivity index (χ3v) is 2.68. The molecule has 1 N–H and O–H groups in total. The molecule has 6 nitrogen and oxygen atoms in total. The average molecular weight is 271 g/mol. The van der Waals surface area contributed by atoms with Crippen LogP contribution >= 0.6 is 11.3 Å². The van der Waals surface area contributed by atoms with Gasteiger partial charge in [-0.25, -0.2) is 9.59 Å². The fraction of sp³-hybridized carbons (Fsp3) is 0.364. The Morgan fingerprint density at radius 1 is 1.22 bits per heavy atom. The average Bonchev–Trinajstić information content (AvgIpc) is 2.77. The van der Waals surface area contributed by atoms with E-state index in [1.165, 1.54) is 6.07 Å². The third-order valence-electron chi connectivity index (χ3n) is 1.85. The fourth-order valence-corrected chi connectivity index (χ4v) is 1.90. The smallest absolute Gasteiger partial charge is 0.397 e. The van der Waals surface area contributed by atoms with Gasteiger partial charge in [0.2, 0.25) is 0 Å². The number of anilines is 1. The molecule has 0 aliphatic carbocycles. The molecule has 0 aliphatic rings. The molecule has 1 aromatic heterocycles. The van der Waals surface area contributed by atoms with Gasteiger partial charge < -0.3 is 14.8 Å². The molecule has 0 unspecified atom stereocenters. The van der Waals surface area contributed by atoms with Crippen LogP contribution in [0.15, 0.2) is 11.4 Å². The van der Waals surface area contributed by atoms with Gasteiger partial charge >= 0.3 is 17.8 Å². The number of carbonyl (C=O) groups excluding carboxylic acids is 3. The quantitative estimate of drug-likeness (QED) is 0.661. The summed E-state index contributed by atoms with van der Waals surface area (Å²) < 4.78 is 9.35. The van der Waals surface area contributed by atoms with Crippen LogP contribution < -0.4 is 5.32 Å². The van der Waals surface area contributed by atoms with Crippen molar-refractivity contribution in [3.63, 3.8) is 0 Å². The lowest BCUT2D eigenvalue weighted by atomic mass is 10.3. The van der Waals surface area contributed by atoms with Crippen molar-refractivity contribution < 1.29 is 23.9 Å². The summed E-state index contributed by atoms with van der Waals surface area (Å²) in [7, 11) is 0. The Hall–Kier alpha value is -1.89. The van der Waals surface area contributed by atoms with E-state index in [0.29, 0.717) is 0 Å². The fourth-order valence-electron chi connectivity index (χ4n) is 1.13. The minimum atomic E-state index is -0.985. The maximum absolute atomic E-state index is 11.5. The van der Waals surface area contributed by atoms with Crippen LogP contribution in [0.1, 0.15) is 24.2 Å². The molecule has 1 aromatic rings. The summed E-state index contributed by atoms with van der Waals surface area (Å²) in [6.07, 6.45) is 0. The second kappa shape index (κ2) is 6.75. The number of rotatable bonds is 4. The molecule has 18 heavy (non-hydrogen) atoms. The van der Waals surface area contributed by atoms with Gasteiger partial charge in [-0.15, -0.1) is 11.3 Å². The summed E-state index contributed by atoms with van der Waals surface area (Å²) in [6.45, 7) is 3.63. The zero-order valence-electron chi connectivity index (χ0n) is 10.0. The summed E-state index contributed by atoms with van der Waals surface area (Å²) in [4.78, 5) is 34.1. The standard InChI is InChI=1S/C11H13NO5S/c1-3-16-10(14)7-5-6-18-9(7)12-8(13)11(15)17-4-2/h5-6H,3-4H2,1-2H3,(H,12,13). The van der Waals surface area contributed by atoms with Crippen molar-refractivity contribution in [2.75, 3.05) is 18.5 Å². The molecule has 0 aromatic carbocycles. The summed E-state index contributed by atoms with van der Waals surface area (Å²) in [5.74, 6) is -2.44. The normalized spacial score (nSPS) is 9.67. The topological polar surface area (TPSA) is 81.7 Å². The zero-order chi connectivity index (χ0) is 13.5. The van der Waals surface area contributed by atoms with Gasteiger partial charge in [-0.2, -0.15) is 0 Å². The number of nitrogens with one attached hydrogen (secondary N) is 1. The van der Waals surface area contributed by atoms with Crippen LogP contribution in [0.2, 0.25) is 0 Å². The molecule has 98 valence electrons. The molecule has 0 atom stereocenters. The van der Waals surface area contributed by atoms with Gasteiger partial charge in [-0.1, -0.05) is 0 Å². The van der Waals surface area contributed by atoms with Gasteiger partial charge in [0.05, 0.1) is 18.8 Å². The van der Waals surface area contributed by atoms with E-state index in [1.807, 2.05) is 0 Å². The second-order valence-electron chi connectivity index (χ2n) is 3.06. The van der Waals surface area contributed by atoms with E-state index < -0.39 is 17.8 Å². The van der Waals surface area contributed by atoms with Crippen LogP contribution in [0.5, 0.6) is 0 Å². The van der Waals surface area contributed by atoms with Crippen LogP contribution in [0.25, 0.3) is 0 Å². The molecule has 7 heteroatoms. The van der Waals surface area contributed by atoms with Crippen LogP contribution in [0, 0.1) is 0 Å². The maximum Gasteiger partial charge on any atom is 0.397 e. The first-order valence-corrected chi connectivity index (χ1v) is 6.20. The van der Waals surface area contributed by atoms with E-state index in [4.69, 9.17) is 4.74 Å². The van der Waals surface area contributed by atoms with Gasteiger partial charge in [0.25, 0.3) is 0 Å². The summed E-state index contributed by atoms with van der Waals surface area (Å²) in [5.41, 5.74) is 0.222. The first kappa shape index (κ1) is 14.2. The SMILES string of the molecule is CCOC(=O)C(=O)Nc1sccc1C(=O)OCC. The lowest BCUT2D eigenvalue weighted by molar-refractivity contribution is -0.152. The lowest BCUT2D eigenvalue weighted by Crippen LogP contribution is -2.25. The van der Waals surface area contributed by atoms with Crippen molar-refractivity contribution >= 4 is 34.2 Å². The van der Waals surface area contributed by atoms with Crippen molar-refractivity contribution in [3.05, 3.63) is 17.0 Å². The predicted octanol–water partition coefficient (Wildman–Crippen LogP) is 1.43. The Labute approximate surface area is 108 Å². The number of ether oxygens (including phenoxy) is 2.